The van der Waals surface area contributed by atoms with Crippen molar-refractivity contribution in [2.75, 3.05) is 5.32 Å². The molecule has 11 nitrogen and oxygen atoms in total. The highest BCUT2D eigenvalue weighted by molar-refractivity contribution is 5.77. The zero-order chi connectivity index (χ0) is 22.5. The van der Waals surface area contributed by atoms with Crippen molar-refractivity contribution in [2.45, 2.75) is 12.1 Å². The highest BCUT2D eigenvalue weighted by atomic mass is 16.6. The van der Waals surface area contributed by atoms with Crippen LogP contribution in [0.4, 0.5) is 22.7 Å². The minimum Gasteiger partial charge on any atom is -0.386 e. The number of nitro benzene ring substituents is 3. The standard InChI is InChI=1S/C20H16N4O7/c25-20(14-9-5-2-6-10-14)18(13-7-3-1-4-8-13)21-19-16(23(28)29)11-15(22(26)27)12-17(19)24(30)31/h1-12,18,20-21,25H. The van der Waals surface area contributed by atoms with Gasteiger partial charge < -0.3 is 10.4 Å². The fourth-order valence-corrected chi connectivity index (χ4v) is 3.14. The van der Waals surface area contributed by atoms with E-state index in [1.54, 1.807) is 60.7 Å². The Morgan fingerprint density at radius 1 is 0.710 bits per heavy atom. The van der Waals surface area contributed by atoms with Gasteiger partial charge in [0, 0.05) is 0 Å². The first-order valence-electron chi connectivity index (χ1n) is 8.95. The summed E-state index contributed by atoms with van der Waals surface area (Å²) in [6, 6.07) is 17.1. The van der Waals surface area contributed by atoms with Crippen molar-refractivity contribution in [3.05, 3.63) is 114 Å². The molecule has 0 spiro atoms. The van der Waals surface area contributed by atoms with Crippen LogP contribution in [-0.2, 0) is 0 Å². The van der Waals surface area contributed by atoms with Crippen LogP contribution in [0.3, 0.4) is 0 Å². The largest absolute Gasteiger partial charge is 0.386 e. The number of aliphatic hydroxyl groups is 1. The van der Waals surface area contributed by atoms with E-state index in [1.165, 1.54) is 0 Å². The van der Waals surface area contributed by atoms with Gasteiger partial charge in [-0.3, -0.25) is 30.3 Å². The van der Waals surface area contributed by atoms with Crippen molar-refractivity contribution in [1.29, 1.82) is 0 Å². The number of anilines is 1. The van der Waals surface area contributed by atoms with Gasteiger partial charge in [-0.25, -0.2) is 0 Å². The van der Waals surface area contributed by atoms with Crippen LogP contribution in [0.5, 0.6) is 0 Å². The summed E-state index contributed by atoms with van der Waals surface area (Å²) < 4.78 is 0. The predicted octanol–water partition coefficient (Wildman–Crippen LogP) is 4.30. The minimum absolute atomic E-state index is 0.469. The monoisotopic (exact) mass is 424 g/mol. The molecule has 0 radical (unpaired) electrons. The zero-order valence-electron chi connectivity index (χ0n) is 15.8. The normalized spacial score (nSPS) is 12.5. The van der Waals surface area contributed by atoms with E-state index < -0.39 is 49.7 Å². The van der Waals surface area contributed by atoms with Gasteiger partial charge in [-0.15, -0.1) is 0 Å². The van der Waals surface area contributed by atoms with Crippen molar-refractivity contribution in [1.82, 2.24) is 0 Å². The van der Waals surface area contributed by atoms with E-state index in [-0.39, 0.29) is 0 Å². The molecular weight excluding hydrogens is 408 g/mol. The maximum absolute atomic E-state index is 11.6. The average Bonchev–Trinajstić information content (AvgIpc) is 2.77. The molecular formula is C20H16N4O7. The van der Waals surface area contributed by atoms with Gasteiger partial charge in [0.25, 0.3) is 5.69 Å². The van der Waals surface area contributed by atoms with Crippen molar-refractivity contribution < 1.29 is 19.9 Å². The summed E-state index contributed by atoms with van der Waals surface area (Å²) in [7, 11) is 0. The molecule has 3 aromatic carbocycles. The van der Waals surface area contributed by atoms with Gasteiger partial charge in [-0.05, 0) is 11.1 Å². The molecule has 0 saturated heterocycles. The minimum atomic E-state index is -1.24. The maximum Gasteiger partial charge on any atom is 0.306 e. The lowest BCUT2D eigenvalue weighted by atomic mass is 9.95. The fraction of sp³-hybridized carbons (Fsp3) is 0.100. The van der Waals surface area contributed by atoms with Crippen LogP contribution in [0.15, 0.2) is 72.8 Å². The molecule has 0 heterocycles. The second kappa shape index (κ2) is 8.97. The maximum atomic E-state index is 11.6. The molecule has 2 unspecified atom stereocenters. The average molecular weight is 424 g/mol. The summed E-state index contributed by atoms with van der Waals surface area (Å²) in [5.41, 5.74) is -2.05. The molecule has 0 fully saturated rings. The first-order chi connectivity index (χ1) is 14.8. The first kappa shape index (κ1) is 21.3. The first-order valence-corrected chi connectivity index (χ1v) is 8.95. The molecule has 0 amide bonds. The van der Waals surface area contributed by atoms with Gasteiger partial charge in [0.05, 0.1) is 32.9 Å². The van der Waals surface area contributed by atoms with Crippen molar-refractivity contribution >= 4 is 22.7 Å². The number of aliphatic hydroxyl groups excluding tert-OH is 1. The third-order valence-corrected chi connectivity index (χ3v) is 4.60. The Bertz CT molecular complexity index is 1090. The molecule has 0 aromatic heterocycles. The van der Waals surface area contributed by atoms with Gasteiger partial charge in [-0.2, -0.15) is 0 Å². The van der Waals surface area contributed by atoms with E-state index in [0.29, 0.717) is 23.3 Å². The smallest absolute Gasteiger partial charge is 0.306 e. The molecule has 0 aliphatic carbocycles. The van der Waals surface area contributed by atoms with Crippen molar-refractivity contribution in [3.8, 4) is 0 Å². The third kappa shape index (κ3) is 4.62. The molecule has 3 aromatic rings. The predicted molar refractivity (Wildman–Crippen MR) is 111 cm³/mol. The number of hydrogen-bond acceptors (Lipinski definition) is 8. The van der Waals surface area contributed by atoms with Gasteiger partial charge in [0.1, 0.15) is 6.10 Å². The molecule has 158 valence electrons. The Morgan fingerprint density at radius 2 is 1.16 bits per heavy atom. The Kier molecular flexibility index (Phi) is 6.17. The van der Waals surface area contributed by atoms with Crippen LogP contribution in [0, 0.1) is 30.3 Å². The second-order valence-electron chi connectivity index (χ2n) is 6.52. The molecule has 3 rings (SSSR count). The van der Waals surface area contributed by atoms with Crippen LogP contribution >= 0.6 is 0 Å². The van der Waals surface area contributed by atoms with Gasteiger partial charge in [-0.1, -0.05) is 60.7 Å². The number of nitrogens with one attached hydrogen (secondary N) is 1. The van der Waals surface area contributed by atoms with Crippen LogP contribution < -0.4 is 5.32 Å². The lowest BCUT2D eigenvalue weighted by Crippen LogP contribution is -2.21. The Labute approximate surface area is 175 Å². The summed E-state index contributed by atoms with van der Waals surface area (Å²) >= 11 is 0. The number of rotatable bonds is 8. The molecule has 2 N–H and O–H groups in total. The molecule has 0 aliphatic heterocycles. The van der Waals surface area contributed by atoms with Crippen LogP contribution in [0.1, 0.15) is 23.3 Å². The summed E-state index contributed by atoms with van der Waals surface area (Å²) in [6.45, 7) is 0. The van der Waals surface area contributed by atoms with E-state index in [1.807, 2.05) is 0 Å². The lowest BCUT2D eigenvalue weighted by Gasteiger charge is -2.25. The van der Waals surface area contributed by atoms with Crippen LogP contribution in [0.2, 0.25) is 0 Å². The second-order valence-corrected chi connectivity index (χ2v) is 6.52. The Morgan fingerprint density at radius 3 is 1.58 bits per heavy atom. The van der Waals surface area contributed by atoms with Gasteiger partial charge in [0.15, 0.2) is 5.69 Å². The van der Waals surface area contributed by atoms with E-state index >= 15 is 0 Å². The topological polar surface area (TPSA) is 162 Å². The van der Waals surface area contributed by atoms with E-state index in [2.05, 4.69) is 5.32 Å². The lowest BCUT2D eigenvalue weighted by molar-refractivity contribution is -0.401. The molecule has 11 heteroatoms. The highest BCUT2D eigenvalue weighted by Gasteiger charge is 2.34. The van der Waals surface area contributed by atoms with Crippen molar-refractivity contribution in [3.63, 3.8) is 0 Å². The Balaban J connectivity index is 2.18. The summed E-state index contributed by atoms with van der Waals surface area (Å²) in [4.78, 5) is 31.4. The number of nitro groups is 3. The molecule has 0 saturated carbocycles. The van der Waals surface area contributed by atoms with E-state index in [0.717, 1.165) is 0 Å². The van der Waals surface area contributed by atoms with Gasteiger partial charge in [0.2, 0.25) is 0 Å². The zero-order valence-corrected chi connectivity index (χ0v) is 15.8. The molecule has 2 atom stereocenters. The number of nitrogens with zero attached hydrogens (tertiary/aromatic N) is 3. The summed E-state index contributed by atoms with van der Waals surface area (Å²) in [5, 5.41) is 48.0. The number of benzene rings is 3. The van der Waals surface area contributed by atoms with Crippen LogP contribution in [-0.4, -0.2) is 19.9 Å². The summed E-state index contributed by atoms with van der Waals surface area (Å²) in [5.74, 6) is 0. The molecule has 31 heavy (non-hydrogen) atoms. The van der Waals surface area contributed by atoms with Crippen molar-refractivity contribution in [2.24, 2.45) is 0 Å². The highest BCUT2D eigenvalue weighted by Crippen LogP contribution is 2.42. The van der Waals surface area contributed by atoms with Gasteiger partial charge >= 0.3 is 11.4 Å². The Hall–Kier alpha value is -4.38. The quantitative estimate of drug-likeness (QED) is 0.399. The summed E-state index contributed by atoms with van der Waals surface area (Å²) in [6.07, 6.45) is -1.24. The SMILES string of the molecule is O=[N+]([O-])c1cc([N+](=O)[O-])c(NC(c2ccccc2)C(O)c2ccccc2)c([N+](=O)[O-])c1. The van der Waals surface area contributed by atoms with E-state index in [9.17, 15) is 35.4 Å². The number of non-ortho nitro benzene ring substituents is 1. The molecule has 0 bridgehead atoms. The third-order valence-electron chi connectivity index (χ3n) is 4.60. The molecule has 0 aliphatic rings. The van der Waals surface area contributed by atoms with E-state index in [4.69, 9.17) is 0 Å². The van der Waals surface area contributed by atoms with Crippen LogP contribution in [0.25, 0.3) is 0 Å². The fourth-order valence-electron chi connectivity index (χ4n) is 3.14. The number of hydrogen-bond donors (Lipinski definition) is 2.